The molecule has 0 fully saturated rings. The molecule has 0 aliphatic carbocycles. The first-order valence-corrected chi connectivity index (χ1v) is 5.75. The topological polar surface area (TPSA) is 54.4 Å². The quantitative estimate of drug-likeness (QED) is 0.446. The molecule has 0 atom stereocenters. The van der Waals surface area contributed by atoms with E-state index in [0.29, 0.717) is 6.42 Å². The van der Waals surface area contributed by atoms with Gasteiger partial charge in [0.25, 0.3) is 0 Å². The molecular formula is C14H16O3. The zero-order valence-corrected chi connectivity index (χ0v) is 9.69. The first kappa shape index (κ1) is 13.2. The highest BCUT2D eigenvalue weighted by Gasteiger charge is 2.07. The van der Waals surface area contributed by atoms with E-state index in [1.165, 1.54) is 11.5 Å². The second-order valence-electron chi connectivity index (χ2n) is 3.93. The van der Waals surface area contributed by atoms with Crippen molar-refractivity contribution in [2.75, 3.05) is 0 Å². The average molecular weight is 232 g/mol. The van der Waals surface area contributed by atoms with Crippen molar-refractivity contribution in [2.45, 2.75) is 32.1 Å². The molecule has 1 aromatic rings. The van der Waals surface area contributed by atoms with Crippen molar-refractivity contribution in [3.05, 3.63) is 41.5 Å². The number of carbonyl (C=O) groups excluding carboxylic acids is 1. The summed E-state index contributed by atoms with van der Waals surface area (Å²) in [4.78, 5) is 20.8. The van der Waals surface area contributed by atoms with Crippen LogP contribution in [0.4, 0.5) is 0 Å². The first-order chi connectivity index (χ1) is 8.24. The van der Waals surface area contributed by atoms with E-state index in [2.05, 4.69) is 12.1 Å². The highest BCUT2D eigenvalue weighted by atomic mass is 16.4. The van der Waals surface area contributed by atoms with Gasteiger partial charge in [-0.3, -0.25) is 0 Å². The van der Waals surface area contributed by atoms with Crippen molar-refractivity contribution >= 4 is 11.9 Å². The van der Waals surface area contributed by atoms with Crippen LogP contribution in [0.3, 0.4) is 0 Å². The minimum Gasteiger partial charge on any atom is -0.477 e. The van der Waals surface area contributed by atoms with Gasteiger partial charge in [-0.2, -0.15) is 0 Å². The Morgan fingerprint density at radius 2 is 1.82 bits per heavy atom. The van der Waals surface area contributed by atoms with Gasteiger partial charge in [0, 0.05) is 0 Å². The fraction of sp³-hybridized carbons (Fsp3) is 0.357. The summed E-state index contributed by atoms with van der Waals surface area (Å²) in [6.07, 6.45) is 3.97. The van der Waals surface area contributed by atoms with E-state index in [-0.39, 0.29) is 5.57 Å². The monoisotopic (exact) mass is 232 g/mol. The summed E-state index contributed by atoms with van der Waals surface area (Å²) in [6.45, 7) is 0. The third kappa shape index (κ3) is 5.14. The van der Waals surface area contributed by atoms with Gasteiger partial charge < -0.3 is 5.11 Å². The number of carbonyl (C=O) groups is 1. The summed E-state index contributed by atoms with van der Waals surface area (Å²) >= 11 is 0. The normalized spacial score (nSPS) is 9.65. The van der Waals surface area contributed by atoms with Crippen LogP contribution in [-0.4, -0.2) is 17.0 Å². The van der Waals surface area contributed by atoms with Crippen molar-refractivity contribution in [1.29, 1.82) is 0 Å². The van der Waals surface area contributed by atoms with Crippen molar-refractivity contribution in [3.8, 4) is 0 Å². The molecule has 0 aromatic heterocycles. The lowest BCUT2D eigenvalue weighted by Crippen LogP contribution is -2.01. The SMILES string of the molecule is O=C=C(CCCCCc1ccccc1)C(=O)O. The molecule has 0 saturated heterocycles. The molecule has 0 aliphatic heterocycles. The van der Waals surface area contributed by atoms with Crippen LogP contribution in [0.1, 0.15) is 31.2 Å². The van der Waals surface area contributed by atoms with E-state index in [1.54, 1.807) is 0 Å². The van der Waals surface area contributed by atoms with Gasteiger partial charge in [0.1, 0.15) is 11.5 Å². The maximum absolute atomic E-state index is 10.5. The lowest BCUT2D eigenvalue weighted by atomic mass is 10.0. The molecule has 1 N–H and O–H groups in total. The van der Waals surface area contributed by atoms with Crippen LogP contribution in [0.15, 0.2) is 35.9 Å². The summed E-state index contributed by atoms with van der Waals surface area (Å²) in [5.41, 5.74) is 1.14. The third-order valence-electron chi connectivity index (χ3n) is 2.62. The second-order valence-corrected chi connectivity index (χ2v) is 3.93. The molecule has 3 nitrogen and oxygen atoms in total. The molecule has 0 spiro atoms. The molecule has 1 aromatic carbocycles. The van der Waals surface area contributed by atoms with Crippen molar-refractivity contribution in [3.63, 3.8) is 0 Å². The standard InChI is InChI=1S/C14H16O3/c15-11-13(14(16)17)10-6-2-5-9-12-7-3-1-4-8-12/h1,3-4,7-8H,2,5-6,9-10H2,(H,16,17). The lowest BCUT2D eigenvalue weighted by Gasteiger charge is -2.01. The number of carboxylic acids is 1. The number of benzene rings is 1. The molecule has 0 aliphatic rings. The Bertz CT molecular complexity index is 403. The molecule has 3 heteroatoms. The van der Waals surface area contributed by atoms with Gasteiger partial charge in [-0.05, 0) is 31.2 Å². The van der Waals surface area contributed by atoms with Crippen LogP contribution in [0.2, 0.25) is 0 Å². The van der Waals surface area contributed by atoms with Gasteiger partial charge in [0.05, 0.1) is 0 Å². The van der Waals surface area contributed by atoms with E-state index in [4.69, 9.17) is 5.11 Å². The van der Waals surface area contributed by atoms with Crippen LogP contribution in [-0.2, 0) is 16.0 Å². The molecule has 0 unspecified atom stereocenters. The number of aliphatic carboxylic acids is 1. The van der Waals surface area contributed by atoms with Crippen LogP contribution >= 0.6 is 0 Å². The summed E-state index contributed by atoms with van der Waals surface area (Å²) in [5, 5.41) is 8.61. The number of aryl methyl sites for hydroxylation is 1. The number of unbranched alkanes of at least 4 members (excludes halogenated alkanes) is 2. The summed E-state index contributed by atoms with van der Waals surface area (Å²) < 4.78 is 0. The second kappa shape index (κ2) is 7.42. The van der Waals surface area contributed by atoms with E-state index in [1.807, 2.05) is 18.2 Å². The van der Waals surface area contributed by atoms with Crippen molar-refractivity contribution < 1.29 is 14.7 Å². The highest BCUT2D eigenvalue weighted by Crippen LogP contribution is 2.10. The Morgan fingerprint density at radius 1 is 1.12 bits per heavy atom. The fourth-order valence-corrected chi connectivity index (χ4v) is 1.65. The Balaban J connectivity index is 2.17. The van der Waals surface area contributed by atoms with E-state index in [9.17, 15) is 9.59 Å². The van der Waals surface area contributed by atoms with E-state index in [0.717, 1.165) is 25.7 Å². The number of rotatable bonds is 7. The van der Waals surface area contributed by atoms with Crippen molar-refractivity contribution in [2.24, 2.45) is 0 Å². The van der Waals surface area contributed by atoms with Crippen molar-refractivity contribution in [1.82, 2.24) is 0 Å². The van der Waals surface area contributed by atoms with Crippen LogP contribution in [0.25, 0.3) is 0 Å². The van der Waals surface area contributed by atoms with E-state index >= 15 is 0 Å². The Kier molecular flexibility index (Phi) is 5.76. The zero-order valence-electron chi connectivity index (χ0n) is 9.69. The molecule has 0 amide bonds. The molecule has 0 heterocycles. The lowest BCUT2D eigenvalue weighted by molar-refractivity contribution is -0.132. The van der Waals surface area contributed by atoms with Gasteiger partial charge in [-0.15, -0.1) is 0 Å². The Labute approximate surface area is 101 Å². The zero-order chi connectivity index (χ0) is 12.5. The van der Waals surface area contributed by atoms with Gasteiger partial charge in [-0.25, -0.2) is 9.59 Å². The minimum absolute atomic E-state index is 0.148. The maximum Gasteiger partial charge on any atom is 0.342 e. The smallest absolute Gasteiger partial charge is 0.342 e. The van der Waals surface area contributed by atoms with Gasteiger partial charge in [-0.1, -0.05) is 36.8 Å². The Hall–Kier alpha value is -1.86. The number of hydrogen-bond acceptors (Lipinski definition) is 2. The summed E-state index contributed by atoms with van der Waals surface area (Å²) in [6, 6.07) is 10.2. The maximum atomic E-state index is 10.5. The fourth-order valence-electron chi connectivity index (χ4n) is 1.65. The minimum atomic E-state index is -1.15. The highest BCUT2D eigenvalue weighted by molar-refractivity contribution is 5.95. The average Bonchev–Trinajstić information content (AvgIpc) is 2.34. The van der Waals surface area contributed by atoms with Gasteiger partial charge >= 0.3 is 5.97 Å². The summed E-state index contributed by atoms with van der Waals surface area (Å²) in [7, 11) is 0. The third-order valence-corrected chi connectivity index (χ3v) is 2.62. The molecule has 0 bridgehead atoms. The largest absolute Gasteiger partial charge is 0.477 e. The van der Waals surface area contributed by atoms with Crippen LogP contribution in [0, 0.1) is 0 Å². The van der Waals surface area contributed by atoms with E-state index < -0.39 is 5.97 Å². The number of carboxylic acid groups (broad SMARTS) is 1. The first-order valence-electron chi connectivity index (χ1n) is 5.75. The predicted molar refractivity (Wildman–Crippen MR) is 65.5 cm³/mol. The van der Waals surface area contributed by atoms with Gasteiger partial charge in [0.2, 0.25) is 0 Å². The molecule has 0 saturated carbocycles. The molecule has 1 rings (SSSR count). The van der Waals surface area contributed by atoms with Crippen LogP contribution in [0.5, 0.6) is 0 Å². The predicted octanol–water partition coefficient (Wildman–Crippen LogP) is 2.63. The molecule has 0 radical (unpaired) electrons. The molecular weight excluding hydrogens is 216 g/mol. The molecule has 17 heavy (non-hydrogen) atoms. The molecule has 90 valence electrons. The van der Waals surface area contributed by atoms with Crippen LogP contribution < -0.4 is 0 Å². The number of hydrogen-bond donors (Lipinski definition) is 1. The summed E-state index contributed by atoms with van der Waals surface area (Å²) in [5.74, 6) is 0.327. The van der Waals surface area contributed by atoms with Gasteiger partial charge in [0.15, 0.2) is 0 Å². The Morgan fingerprint density at radius 3 is 2.41 bits per heavy atom.